The number of imidazole rings is 1. The fourth-order valence-electron chi connectivity index (χ4n) is 4.04. The predicted molar refractivity (Wildman–Crippen MR) is 131 cm³/mol. The first kappa shape index (κ1) is 23.9. The molecule has 180 valence electrons. The van der Waals surface area contributed by atoms with Gasteiger partial charge in [-0.05, 0) is 38.0 Å². The first-order valence-electron chi connectivity index (χ1n) is 11.2. The van der Waals surface area contributed by atoms with Gasteiger partial charge in [0.1, 0.15) is 0 Å². The molecule has 4 aromatic rings. The molecule has 0 saturated heterocycles. The number of ether oxygens (including phenoxy) is 1. The zero-order valence-electron chi connectivity index (χ0n) is 20.1. The summed E-state index contributed by atoms with van der Waals surface area (Å²) >= 11 is 0. The molecule has 0 radical (unpaired) electrons. The van der Waals surface area contributed by atoms with Crippen LogP contribution in [0.15, 0.2) is 58.4 Å². The van der Waals surface area contributed by atoms with E-state index in [1.54, 1.807) is 49.0 Å². The maximum atomic E-state index is 13.2. The number of aryl methyl sites for hydroxylation is 4. The van der Waals surface area contributed by atoms with Crippen molar-refractivity contribution >= 4 is 22.9 Å². The quantitative estimate of drug-likeness (QED) is 0.232. The van der Waals surface area contributed by atoms with Crippen LogP contribution in [0.1, 0.15) is 43.8 Å². The lowest BCUT2D eigenvalue weighted by Gasteiger charge is -2.12. The summed E-state index contributed by atoms with van der Waals surface area (Å²) in [7, 11) is 3.24. The van der Waals surface area contributed by atoms with Gasteiger partial charge in [0, 0.05) is 31.8 Å². The van der Waals surface area contributed by atoms with E-state index in [1.807, 2.05) is 26.0 Å². The number of carbonyl (C=O) groups is 2. The van der Waals surface area contributed by atoms with Gasteiger partial charge in [-0.3, -0.25) is 18.7 Å². The standard InChI is InChI=1S/C26H26N4O5/c1-16-10-11-17(2)20(14-16)22(31)18-8-5-6-9-19(18)25(33)35-13-7-12-30-24(32)21-23(27-15-28(21)3)29(4)26(30)34/h5-6,8-11,14-15H,7,12-13H2,1-4H3. The third-order valence-corrected chi connectivity index (χ3v) is 5.99. The molecule has 2 heterocycles. The van der Waals surface area contributed by atoms with Crippen molar-refractivity contribution in [2.24, 2.45) is 14.1 Å². The number of aromatic nitrogens is 4. The fraction of sp³-hybridized carbons (Fsp3) is 0.269. The van der Waals surface area contributed by atoms with Gasteiger partial charge in [-0.1, -0.05) is 35.9 Å². The van der Waals surface area contributed by atoms with Crippen LogP contribution in [0.5, 0.6) is 0 Å². The number of hydrogen-bond donors (Lipinski definition) is 0. The van der Waals surface area contributed by atoms with Crippen LogP contribution in [0.25, 0.3) is 11.2 Å². The number of benzene rings is 2. The number of carbonyl (C=O) groups excluding carboxylic acids is 2. The Kier molecular flexibility index (Phi) is 6.50. The number of hydrogen-bond acceptors (Lipinski definition) is 6. The summed E-state index contributed by atoms with van der Waals surface area (Å²) in [5.74, 6) is -0.889. The molecule has 0 aliphatic carbocycles. The highest BCUT2D eigenvalue weighted by Crippen LogP contribution is 2.19. The normalized spacial score (nSPS) is 11.1. The maximum Gasteiger partial charge on any atom is 0.338 e. The molecule has 0 saturated carbocycles. The Hall–Kier alpha value is -4.27. The monoisotopic (exact) mass is 474 g/mol. The second-order valence-electron chi connectivity index (χ2n) is 8.51. The molecule has 0 aliphatic heterocycles. The SMILES string of the molecule is Cc1ccc(C)c(C(=O)c2ccccc2C(=O)OCCCn2c(=O)c3c(ncn3C)n(C)c2=O)c1. The van der Waals surface area contributed by atoms with Gasteiger partial charge in [-0.15, -0.1) is 0 Å². The van der Waals surface area contributed by atoms with E-state index in [1.165, 1.54) is 10.9 Å². The van der Waals surface area contributed by atoms with Gasteiger partial charge < -0.3 is 9.30 Å². The van der Waals surface area contributed by atoms with Crippen LogP contribution in [-0.4, -0.2) is 37.0 Å². The molecule has 0 bridgehead atoms. The number of nitrogens with zero attached hydrogens (tertiary/aromatic N) is 4. The number of fused-ring (bicyclic) bond motifs is 1. The number of ketones is 1. The van der Waals surface area contributed by atoms with Crippen LogP contribution in [0.3, 0.4) is 0 Å². The predicted octanol–water partition coefficient (Wildman–Crippen LogP) is 2.53. The van der Waals surface area contributed by atoms with Crippen molar-refractivity contribution in [3.05, 3.63) is 97.4 Å². The Morgan fingerprint density at radius 2 is 1.69 bits per heavy atom. The highest BCUT2D eigenvalue weighted by Gasteiger charge is 2.21. The second-order valence-corrected chi connectivity index (χ2v) is 8.51. The molecule has 0 fully saturated rings. The molecule has 35 heavy (non-hydrogen) atoms. The lowest BCUT2D eigenvalue weighted by molar-refractivity contribution is 0.0492. The summed E-state index contributed by atoms with van der Waals surface area (Å²) in [6, 6.07) is 12.1. The maximum absolute atomic E-state index is 13.2. The van der Waals surface area contributed by atoms with Gasteiger partial charge in [0.05, 0.1) is 18.5 Å². The zero-order chi connectivity index (χ0) is 25.3. The van der Waals surface area contributed by atoms with Crippen LogP contribution < -0.4 is 11.2 Å². The third-order valence-electron chi connectivity index (χ3n) is 5.99. The molecule has 0 N–H and O–H groups in total. The topological polar surface area (TPSA) is 105 Å². The molecule has 4 rings (SSSR count). The van der Waals surface area contributed by atoms with Gasteiger partial charge >= 0.3 is 11.7 Å². The summed E-state index contributed by atoms with van der Waals surface area (Å²) in [5.41, 5.74) is 2.44. The Morgan fingerprint density at radius 1 is 0.971 bits per heavy atom. The Balaban J connectivity index is 1.49. The smallest absolute Gasteiger partial charge is 0.338 e. The van der Waals surface area contributed by atoms with Crippen LogP contribution in [0.4, 0.5) is 0 Å². The van der Waals surface area contributed by atoms with Crippen LogP contribution in [0, 0.1) is 13.8 Å². The molecule has 0 aliphatic rings. The Bertz CT molecular complexity index is 1580. The van der Waals surface area contributed by atoms with Gasteiger partial charge in [0.2, 0.25) is 0 Å². The number of rotatable bonds is 7. The second kappa shape index (κ2) is 9.54. The molecule has 0 spiro atoms. The summed E-state index contributed by atoms with van der Waals surface area (Å²) in [4.78, 5) is 55.5. The molecule has 9 nitrogen and oxygen atoms in total. The van der Waals surface area contributed by atoms with E-state index in [0.29, 0.717) is 16.7 Å². The van der Waals surface area contributed by atoms with Crippen molar-refractivity contribution in [1.82, 2.24) is 18.7 Å². The van der Waals surface area contributed by atoms with E-state index in [4.69, 9.17) is 4.74 Å². The Labute approximate surface area is 201 Å². The van der Waals surface area contributed by atoms with Crippen molar-refractivity contribution in [2.45, 2.75) is 26.8 Å². The van der Waals surface area contributed by atoms with Crippen molar-refractivity contribution in [2.75, 3.05) is 6.61 Å². The fourth-order valence-corrected chi connectivity index (χ4v) is 4.04. The van der Waals surface area contributed by atoms with Crippen LogP contribution >= 0.6 is 0 Å². The van der Waals surface area contributed by atoms with Crippen molar-refractivity contribution in [3.63, 3.8) is 0 Å². The third kappa shape index (κ3) is 4.44. The average molecular weight is 475 g/mol. The van der Waals surface area contributed by atoms with Gasteiger partial charge in [-0.2, -0.15) is 0 Å². The van der Waals surface area contributed by atoms with E-state index in [9.17, 15) is 19.2 Å². The van der Waals surface area contributed by atoms with Crippen LogP contribution in [-0.2, 0) is 25.4 Å². The van der Waals surface area contributed by atoms with E-state index in [-0.39, 0.29) is 36.5 Å². The minimum Gasteiger partial charge on any atom is -0.462 e. The molecular formula is C26H26N4O5. The van der Waals surface area contributed by atoms with Gasteiger partial charge in [0.25, 0.3) is 5.56 Å². The van der Waals surface area contributed by atoms with E-state index >= 15 is 0 Å². The first-order chi connectivity index (χ1) is 16.7. The Morgan fingerprint density at radius 3 is 2.43 bits per heavy atom. The van der Waals surface area contributed by atoms with Crippen molar-refractivity contribution < 1.29 is 14.3 Å². The lowest BCUT2D eigenvalue weighted by Crippen LogP contribution is -2.39. The first-order valence-corrected chi connectivity index (χ1v) is 11.2. The summed E-state index contributed by atoms with van der Waals surface area (Å²) in [6.07, 6.45) is 1.73. The number of esters is 1. The highest BCUT2D eigenvalue weighted by molar-refractivity contribution is 6.15. The molecule has 9 heteroatoms. The molecule has 2 aromatic heterocycles. The summed E-state index contributed by atoms with van der Waals surface area (Å²) in [5, 5.41) is 0. The molecule has 2 aromatic carbocycles. The van der Waals surface area contributed by atoms with Gasteiger partial charge in [0.15, 0.2) is 16.9 Å². The molecule has 0 atom stereocenters. The molecule has 0 unspecified atom stereocenters. The highest BCUT2D eigenvalue weighted by atomic mass is 16.5. The summed E-state index contributed by atoms with van der Waals surface area (Å²) < 4.78 is 9.40. The van der Waals surface area contributed by atoms with E-state index in [0.717, 1.165) is 15.7 Å². The van der Waals surface area contributed by atoms with Crippen LogP contribution in [0.2, 0.25) is 0 Å². The van der Waals surface area contributed by atoms with Crippen molar-refractivity contribution in [1.29, 1.82) is 0 Å². The lowest BCUT2D eigenvalue weighted by atomic mass is 9.94. The van der Waals surface area contributed by atoms with Crippen molar-refractivity contribution in [3.8, 4) is 0 Å². The van der Waals surface area contributed by atoms with Gasteiger partial charge in [-0.25, -0.2) is 14.6 Å². The minimum absolute atomic E-state index is 0.0240. The van der Waals surface area contributed by atoms with E-state index < -0.39 is 17.2 Å². The zero-order valence-corrected chi connectivity index (χ0v) is 20.1. The molecule has 0 amide bonds. The molecular weight excluding hydrogens is 448 g/mol. The minimum atomic E-state index is -0.637. The van der Waals surface area contributed by atoms with E-state index in [2.05, 4.69) is 4.98 Å². The largest absolute Gasteiger partial charge is 0.462 e. The summed E-state index contributed by atoms with van der Waals surface area (Å²) in [6.45, 7) is 3.80. The average Bonchev–Trinajstić information content (AvgIpc) is 3.24.